The molecule has 0 spiro atoms. The van der Waals surface area contributed by atoms with E-state index in [1.165, 1.54) is 0 Å². The fraction of sp³-hybridized carbons (Fsp3) is 0.542. The topological polar surface area (TPSA) is 94.2 Å². The summed E-state index contributed by atoms with van der Waals surface area (Å²) in [6.45, 7) is 7.89. The van der Waals surface area contributed by atoms with Crippen LogP contribution in [0.15, 0.2) is 23.1 Å². The molecule has 8 nitrogen and oxygen atoms in total. The van der Waals surface area contributed by atoms with Crippen LogP contribution in [0.2, 0.25) is 0 Å². The minimum Gasteiger partial charge on any atom is -0.489 e. The third kappa shape index (κ3) is 7.23. The minimum absolute atomic E-state index is 0.145. The van der Waals surface area contributed by atoms with Crippen LogP contribution >= 0.6 is 11.8 Å². The Morgan fingerprint density at radius 1 is 1.27 bits per heavy atom. The van der Waals surface area contributed by atoms with Gasteiger partial charge in [-0.15, -0.1) is 0 Å². The maximum Gasteiger partial charge on any atom is 0.306 e. The molecule has 0 aromatic heterocycles. The number of ether oxygens (including phenoxy) is 3. The van der Waals surface area contributed by atoms with Gasteiger partial charge in [-0.05, 0) is 63.4 Å². The largest absolute Gasteiger partial charge is 0.489 e. The lowest BCUT2D eigenvalue weighted by molar-refractivity contribution is -0.156. The average molecular weight is 477 g/mol. The number of rotatable bonds is 8. The summed E-state index contributed by atoms with van der Waals surface area (Å²) in [6, 6.07) is 5.65. The van der Waals surface area contributed by atoms with Crippen LogP contribution < -0.4 is 15.0 Å². The number of para-hydroxylation sites is 1. The van der Waals surface area contributed by atoms with E-state index in [1.54, 1.807) is 13.2 Å². The summed E-state index contributed by atoms with van der Waals surface area (Å²) in [7, 11) is 1.62. The summed E-state index contributed by atoms with van der Waals surface area (Å²) < 4.78 is 16.6. The predicted octanol–water partition coefficient (Wildman–Crippen LogP) is 3.98. The van der Waals surface area contributed by atoms with E-state index in [-0.39, 0.29) is 17.1 Å². The van der Waals surface area contributed by atoms with Crippen molar-refractivity contribution < 1.29 is 28.6 Å². The molecule has 2 fully saturated rings. The molecular weight excluding hydrogens is 444 g/mol. The lowest BCUT2D eigenvalue weighted by Crippen LogP contribution is -2.37. The number of nitrogens with one attached hydrogen (secondary N) is 1. The summed E-state index contributed by atoms with van der Waals surface area (Å²) >= 11 is 0.886. The average Bonchev–Trinajstić information content (AvgIpc) is 3.03. The molecule has 0 radical (unpaired) electrons. The van der Waals surface area contributed by atoms with Crippen molar-refractivity contribution in [1.29, 1.82) is 0 Å². The number of methoxy groups -OCH3 is 1. The number of piperidine rings is 1. The van der Waals surface area contributed by atoms with E-state index < -0.39 is 11.5 Å². The molecule has 1 atom stereocenters. The third-order valence-electron chi connectivity index (χ3n) is 5.21. The van der Waals surface area contributed by atoms with Crippen LogP contribution in [0.1, 0.15) is 45.6 Å². The predicted molar refractivity (Wildman–Crippen MR) is 128 cm³/mol. The number of hydrogen-bond donors (Lipinski definition) is 1. The van der Waals surface area contributed by atoms with E-state index in [9.17, 15) is 14.4 Å². The number of esters is 1. The molecule has 3 rings (SSSR count). The van der Waals surface area contributed by atoms with Gasteiger partial charge >= 0.3 is 5.97 Å². The number of amides is 2. The zero-order chi connectivity index (χ0) is 24.0. The molecule has 2 aliphatic heterocycles. The normalized spacial score (nSPS) is 20.2. The van der Waals surface area contributed by atoms with Crippen molar-refractivity contribution in [3.63, 3.8) is 0 Å². The number of thioether (sulfide) groups is 1. The summed E-state index contributed by atoms with van der Waals surface area (Å²) in [4.78, 5) is 38.7. The van der Waals surface area contributed by atoms with Crippen LogP contribution in [-0.4, -0.2) is 56.1 Å². The molecule has 2 saturated heterocycles. The molecular formula is C24H32N2O6S. The van der Waals surface area contributed by atoms with Crippen molar-refractivity contribution in [2.24, 2.45) is 5.92 Å². The number of benzene rings is 1. The van der Waals surface area contributed by atoms with Gasteiger partial charge in [0.05, 0.1) is 23.6 Å². The molecule has 180 valence electrons. The second-order valence-corrected chi connectivity index (χ2v) is 10.1. The van der Waals surface area contributed by atoms with E-state index in [4.69, 9.17) is 14.2 Å². The molecule has 2 amide bonds. The Morgan fingerprint density at radius 3 is 2.73 bits per heavy atom. The van der Waals surface area contributed by atoms with E-state index in [1.807, 2.05) is 39.0 Å². The molecule has 9 heteroatoms. The SMILES string of the molecule is COCCOc1cccc(/C=C2\SC(=O)NC2=O)c1N1CCC[C@@H](CC(=O)OC(C)(C)C)C1. The van der Waals surface area contributed by atoms with E-state index >= 15 is 0 Å². The fourth-order valence-corrected chi connectivity index (χ4v) is 4.63. The van der Waals surface area contributed by atoms with Gasteiger partial charge in [-0.2, -0.15) is 0 Å². The highest BCUT2D eigenvalue weighted by Gasteiger charge is 2.29. The van der Waals surface area contributed by atoms with Crippen LogP contribution in [0, 0.1) is 5.92 Å². The number of imide groups is 1. The Kier molecular flexibility index (Phi) is 8.42. The zero-order valence-corrected chi connectivity index (χ0v) is 20.5. The van der Waals surface area contributed by atoms with Crippen molar-refractivity contribution in [3.05, 3.63) is 28.7 Å². The Hall–Kier alpha value is -2.52. The molecule has 0 unspecified atom stereocenters. The summed E-state index contributed by atoms with van der Waals surface area (Å²) in [5.74, 6) is 0.225. The van der Waals surface area contributed by atoms with Crippen molar-refractivity contribution in [3.8, 4) is 5.75 Å². The summed E-state index contributed by atoms with van der Waals surface area (Å²) in [6.07, 6.45) is 3.93. The van der Waals surface area contributed by atoms with Crippen LogP contribution in [0.25, 0.3) is 6.08 Å². The molecule has 1 aromatic rings. The highest BCUT2D eigenvalue weighted by Crippen LogP contribution is 2.38. The Bertz CT molecular complexity index is 924. The smallest absolute Gasteiger partial charge is 0.306 e. The second-order valence-electron chi connectivity index (χ2n) is 9.13. The molecule has 0 aliphatic carbocycles. The number of anilines is 1. The van der Waals surface area contributed by atoms with Gasteiger partial charge in [0.1, 0.15) is 18.0 Å². The minimum atomic E-state index is -0.510. The first-order chi connectivity index (χ1) is 15.7. The second kappa shape index (κ2) is 11.1. The van der Waals surface area contributed by atoms with Crippen LogP contribution in [0.3, 0.4) is 0 Å². The van der Waals surface area contributed by atoms with Crippen molar-refractivity contribution in [1.82, 2.24) is 5.32 Å². The molecule has 1 aromatic carbocycles. The number of nitrogens with zero attached hydrogens (tertiary/aromatic N) is 1. The fourth-order valence-electron chi connectivity index (χ4n) is 3.96. The highest BCUT2D eigenvalue weighted by molar-refractivity contribution is 8.18. The van der Waals surface area contributed by atoms with Gasteiger partial charge in [-0.1, -0.05) is 12.1 Å². The lowest BCUT2D eigenvalue weighted by atomic mass is 9.93. The first-order valence-corrected chi connectivity index (χ1v) is 11.9. The van der Waals surface area contributed by atoms with Gasteiger partial charge in [-0.25, -0.2) is 0 Å². The third-order valence-corrected chi connectivity index (χ3v) is 6.03. The maximum atomic E-state index is 12.4. The first kappa shape index (κ1) is 25.1. The Morgan fingerprint density at radius 2 is 2.06 bits per heavy atom. The van der Waals surface area contributed by atoms with Gasteiger partial charge in [-0.3, -0.25) is 19.7 Å². The monoisotopic (exact) mass is 476 g/mol. The number of carbonyl (C=O) groups is 3. The molecule has 33 heavy (non-hydrogen) atoms. The maximum absolute atomic E-state index is 12.4. The number of carbonyl (C=O) groups excluding carboxylic acids is 3. The van der Waals surface area contributed by atoms with Crippen molar-refractivity contribution >= 4 is 40.6 Å². The van der Waals surface area contributed by atoms with Gasteiger partial charge < -0.3 is 19.1 Å². The standard InChI is InChI=1S/C24H32N2O6S/c1-24(2,3)32-20(27)13-16-7-6-10-26(15-16)21-17(14-19-22(28)25-23(29)33-19)8-5-9-18(21)31-12-11-30-4/h5,8-9,14,16H,6-7,10-13,15H2,1-4H3,(H,25,28,29)/b19-14-/t16-/m0/s1. The Labute approximate surface area is 199 Å². The lowest BCUT2D eigenvalue weighted by Gasteiger charge is -2.36. The molecule has 2 heterocycles. The van der Waals surface area contributed by atoms with Gasteiger partial charge in [0.25, 0.3) is 11.1 Å². The number of hydrogen-bond acceptors (Lipinski definition) is 8. The Balaban J connectivity index is 1.87. The van der Waals surface area contributed by atoms with Gasteiger partial charge in [0.15, 0.2) is 0 Å². The van der Waals surface area contributed by atoms with Crippen LogP contribution in [0.4, 0.5) is 10.5 Å². The van der Waals surface area contributed by atoms with Crippen LogP contribution in [0.5, 0.6) is 5.75 Å². The summed E-state index contributed by atoms with van der Waals surface area (Å²) in [5.41, 5.74) is 1.13. The quantitative estimate of drug-likeness (QED) is 0.342. The first-order valence-electron chi connectivity index (χ1n) is 11.1. The highest BCUT2D eigenvalue weighted by atomic mass is 32.2. The molecule has 2 aliphatic rings. The molecule has 1 N–H and O–H groups in total. The van der Waals surface area contributed by atoms with E-state index in [0.29, 0.717) is 36.8 Å². The van der Waals surface area contributed by atoms with Crippen LogP contribution in [-0.2, 0) is 19.1 Å². The van der Waals surface area contributed by atoms with Gasteiger partial charge in [0.2, 0.25) is 0 Å². The van der Waals surface area contributed by atoms with Gasteiger partial charge in [0, 0.05) is 25.8 Å². The van der Waals surface area contributed by atoms with Crippen molar-refractivity contribution in [2.75, 3.05) is 38.3 Å². The van der Waals surface area contributed by atoms with Crippen molar-refractivity contribution in [2.45, 2.75) is 45.6 Å². The molecule has 0 saturated carbocycles. The molecule has 0 bridgehead atoms. The van der Waals surface area contributed by atoms with E-state index in [0.717, 1.165) is 42.4 Å². The van der Waals surface area contributed by atoms with E-state index in [2.05, 4.69) is 10.2 Å². The zero-order valence-electron chi connectivity index (χ0n) is 19.6. The summed E-state index contributed by atoms with van der Waals surface area (Å²) in [5, 5.41) is 1.91.